The highest BCUT2D eigenvalue weighted by Crippen LogP contribution is 2.68. The highest BCUT2D eigenvalue weighted by atomic mass is 16.7. The molecular formula is C47H78O20. The summed E-state index contributed by atoms with van der Waals surface area (Å²) in [6.45, 7) is 8.82. The van der Waals surface area contributed by atoms with E-state index in [1.807, 2.05) is 13.8 Å². The smallest absolute Gasteiger partial charge is 0.187 e. The Kier molecular flexibility index (Phi) is 16.0. The molecule has 8 rings (SSSR count). The van der Waals surface area contributed by atoms with E-state index in [0.717, 1.165) is 38.5 Å². The van der Waals surface area contributed by atoms with Gasteiger partial charge in [-0.1, -0.05) is 25.5 Å². The standard InChI is InChI=1S/C47H78O20/c1-20(62-43-38(55)36(53)34(51)30(66-43)19-60-42-37(54)35(52)33(50)29(18-48)65-42)25-12-15-47(57)27-9-8-23-16-24(10-13-45(23,4)26(27)11-14-46(25,47)5)64-31-17-28(58-6)40(22(3)61-31)67-44-39(56)41(59-7)32(49)21(2)63-44/h8,20-22,24-44,48-57H,9-19H2,1-7H3/t20-,21+,22+,24+,25-,26+,27-,28-,29+,30-,31+,32+,33-,34-,35+,36+,37-,38-,39-,40-,41-,42+,43-,44-,45+,46-,47-/m0/s1. The van der Waals surface area contributed by atoms with Crippen LogP contribution in [0.1, 0.15) is 92.4 Å². The minimum absolute atomic E-state index is 0.00566. The molecule has 4 heterocycles. The monoisotopic (exact) mass is 963 g/mol. The van der Waals surface area contributed by atoms with E-state index in [4.69, 9.17) is 47.4 Å². The van der Waals surface area contributed by atoms with Crippen molar-refractivity contribution in [3.05, 3.63) is 11.6 Å². The van der Waals surface area contributed by atoms with Gasteiger partial charge in [0.05, 0.1) is 49.3 Å². The van der Waals surface area contributed by atoms with Crippen LogP contribution in [0, 0.1) is 28.6 Å². The van der Waals surface area contributed by atoms with E-state index in [2.05, 4.69) is 19.9 Å². The Hall–Kier alpha value is -1.06. The van der Waals surface area contributed by atoms with Gasteiger partial charge in [-0.25, -0.2) is 0 Å². The summed E-state index contributed by atoms with van der Waals surface area (Å²) in [5.41, 5.74) is -0.330. The van der Waals surface area contributed by atoms with Crippen molar-refractivity contribution in [2.24, 2.45) is 28.6 Å². The van der Waals surface area contributed by atoms with Crippen LogP contribution < -0.4 is 0 Å². The molecule has 0 aromatic heterocycles. The Bertz CT molecular complexity index is 1690. The van der Waals surface area contributed by atoms with Gasteiger partial charge in [-0.15, -0.1) is 0 Å². The molecular weight excluding hydrogens is 884 g/mol. The number of aliphatic hydroxyl groups is 10. The molecule has 7 fully saturated rings. The number of allylic oxidation sites excluding steroid dienone is 1. The predicted octanol–water partition coefficient (Wildman–Crippen LogP) is -0.889. The Morgan fingerprint density at radius 3 is 2.06 bits per heavy atom. The van der Waals surface area contributed by atoms with Gasteiger partial charge in [0.1, 0.15) is 73.2 Å². The highest BCUT2D eigenvalue weighted by Gasteiger charge is 2.67. The molecule has 8 aliphatic rings. The van der Waals surface area contributed by atoms with Crippen LogP contribution in [-0.4, -0.2) is 213 Å². The van der Waals surface area contributed by atoms with E-state index in [9.17, 15) is 51.1 Å². The first-order valence-corrected chi connectivity index (χ1v) is 24.4. The Morgan fingerprint density at radius 2 is 1.37 bits per heavy atom. The maximum Gasteiger partial charge on any atom is 0.187 e. The fraction of sp³-hybridized carbons (Fsp3) is 0.957. The lowest BCUT2D eigenvalue weighted by Gasteiger charge is -2.61. The summed E-state index contributed by atoms with van der Waals surface area (Å²) in [7, 11) is 3.03. The largest absolute Gasteiger partial charge is 0.394 e. The minimum Gasteiger partial charge on any atom is -0.394 e. The second-order valence-corrected chi connectivity index (χ2v) is 21.3. The number of rotatable bonds is 13. The van der Waals surface area contributed by atoms with Gasteiger partial charge in [0.15, 0.2) is 25.2 Å². The molecule has 4 aliphatic carbocycles. The Morgan fingerprint density at radius 1 is 0.687 bits per heavy atom. The van der Waals surface area contributed by atoms with Crippen molar-refractivity contribution in [2.45, 2.75) is 227 Å². The second kappa shape index (κ2) is 20.5. The molecule has 0 unspecified atom stereocenters. The quantitative estimate of drug-likeness (QED) is 0.100. The normalized spacial score (nSPS) is 54.1. The molecule has 67 heavy (non-hydrogen) atoms. The summed E-state index contributed by atoms with van der Waals surface area (Å²) in [4.78, 5) is 0. The van der Waals surface area contributed by atoms with Gasteiger partial charge in [0.2, 0.25) is 0 Å². The molecule has 0 amide bonds. The number of hydrogen-bond acceptors (Lipinski definition) is 20. The number of hydrogen-bond donors (Lipinski definition) is 10. The summed E-state index contributed by atoms with van der Waals surface area (Å²) in [5, 5.41) is 107. The lowest BCUT2D eigenvalue weighted by Crippen LogP contribution is -2.63. The first kappa shape index (κ1) is 52.3. The lowest BCUT2D eigenvalue weighted by molar-refractivity contribution is -0.342. The van der Waals surface area contributed by atoms with Gasteiger partial charge >= 0.3 is 0 Å². The number of fused-ring (bicyclic) bond motifs is 5. The molecule has 0 aromatic carbocycles. The molecule has 4 saturated heterocycles. The van der Waals surface area contributed by atoms with E-state index in [-0.39, 0.29) is 29.3 Å². The maximum absolute atomic E-state index is 12.9. The third-order valence-corrected chi connectivity index (χ3v) is 17.8. The third-order valence-electron chi connectivity index (χ3n) is 17.8. The van der Waals surface area contributed by atoms with E-state index in [0.29, 0.717) is 19.3 Å². The molecule has 0 aromatic rings. The predicted molar refractivity (Wildman–Crippen MR) is 230 cm³/mol. The van der Waals surface area contributed by atoms with Crippen molar-refractivity contribution >= 4 is 0 Å². The first-order chi connectivity index (χ1) is 31.7. The molecule has 10 N–H and O–H groups in total. The number of methoxy groups -OCH3 is 2. The molecule has 27 atom stereocenters. The van der Waals surface area contributed by atoms with Crippen LogP contribution in [0.4, 0.5) is 0 Å². The average Bonchev–Trinajstić information content (AvgIpc) is 3.59. The Labute approximate surface area is 392 Å². The molecule has 3 saturated carbocycles. The van der Waals surface area contributed by atoms with Crippen molar-refractivity contribution in [2.75, 3.05) is 27.4 Å². The van der Waals surface area contributed by atoms with Gasteiger partial charge in [0, 0.05) is 26.1 Å². The second-order valence-electron chi connectivity index (χ2n) is 21.3. The van der Waals surface area contributed by atoms with Crippen molar-refractivity contribution in [3.8, 4) is 0 Å². The van der Waals surface area contributed by atoms with Gasteiger partial charge in [-0.05, 0) is 95.3 Å². The fourth-order valence-electron chi connectivity index (χ4n) is 13.6. The van der Waals surface area contributed by atoms with Gasteiger partial charge in [-0.2, -0.15) is 0 Å². The van der Waals surface area contributed by atoms with Crippen molar-refractivity contribution in [1.82, 2.24) is 0 Å². The summed E-state index contributed by atoms with van der Waals surface area (Å²) in [6, 6.07) is 0. The van der Waals surface area contributed by atoms with Gasteiger partial charge < -0.3 is 98.4 Å². The molecule has 20 heteroatoms. The number of aliphatic hydroxyl groups excluding tert-OH is 9. The summed E-state index contributed by atoms with van der Waals surface area (Å²) < 4.78 is 59.8. The van der Waals surface area contributed by atoms with E-state index >= 15 is 0 Å². The zero-order chi connectivity index (χ0) is 48.5. The van der Waals surface area contributed by atoms with Crippen LogP contribution in [-0.2, 0) is 47.4 Å². The van der Waals surface area contributed by atoms with Crippen molar-refractivity contribution in [3.63, 3.8) is 0 Å². The summed E-state index contributed by atoms with van der Waals surface area (Å²) >= 11 is 0. The summed E-state index contributed by atoms with van der Waals surface area (Å²) in [6.07, 6.45) is -13.8. The molecule has 0 bridgehead atoms. The van der Waals surface area contributed by atoms with E-state index in [1.165, 1.54) is 12.7 Å². The van der Waals surface area contributed by atoms with Crippen LogP contribution in [0.15, 0.2) is 11.6 Å². The summed E-state index contributed by atoms with van der Waals surface area (Å²) in [5.74, 6) is 0.111. The molecule has 20 nitrogen and oxygen atoms in total. The van der Waals surface area contributed by atoms with Crippen LogP contribution in [0.25, 0.3) is 0 Å². The van der Waals surface area contributed by atoms with E-state index in [1.54, 1.807) is 14.0 Å². The van der Waals surface area contributed by atoms with E-state index < -0.39 is 147 Å². The maximum atomic E-state index is 12.9. The molecule has 0 radical (unpaired) electrons. The molecule has 4 aliphatic heterocycles. The van der Waals surface area contributed by atoms with Gasteiger partial charge in [0.25, 0.3) is 0 Å². The Balaban J connectivity index is 0.872. The SMILES string of the molecule is CO[C@@H]1[C@H](O)[C@H](O[C@@H]2[C@@H](OC)C[C@@H](O[C@@H]3CC[C@]4(C)C(=CC[C@H]5[C@H]4CC[C@@]4(C)[C@H]([C@H](C)O[C@H]6O[C@@H](CO[C@@H]7O[C@H](CO)[C@H](O)[C@@H](O)[C@@H]7O)[C@H](O)[C@@H](O)[C@@H]6O)CC[C@]54O)C3)O[C@@H]2C)O[C@H](C)[C@H]1O. The highest BCUT2D eigenvalue weighted by molar-refractivity contribution is 5.28. The van der Waals surface area contributed by atoms with Gasteiger partial charge in [-0.3, -0.25) is 0 Å². The van der Waals surface area contributed by atoms with Crippen molar-refractivity contribution in [1.29, 1.82) is 0 Å². The minimum atomic E-state index is -1.68. The number of ether oxygens (including phenoxy) is 10. The fourth-order valence-corrected chi connectivity index (χ4v) is 13.6. The van der Waals surface area contributed by atoms with Crippen LogP contribution in [0.2, 0.25) is 0 Å². The molecule has 386 valence electrons. The van der Waals surface area contributed by atoms with Crippen LogP contribution >= 0.6 is 0 Å². The van der Waals surface area contributed by atoms with Crippen LogP contribution in [0.3, 0.4) is 0 Å². The third kappa shape index (κ3) is 9.34. The zero-order valence-corrected chi connectivity index (χ0v) is 39.8. The zero-order valence-electron chi connectivity index (χ0n) is 39.8. The molecule has 0 spiro atoms. The average molecular weight is 963 g/mol. The lowest BCUT2D eigenvalue weighted by atomic mass is 9.45. The topological polar surface area (TPSA) is 295 Å². The van der Waals surface area contributed by atoms with Crippen molar-refractivity contribution < 1.29 is 98.4 Å². The first-order valence-electron chi connectivity index (χ1n) is 24.4. The van der Waals surface area contributed by atoms with Crippen LogP contribution in [0.5, 0.6) is 0 Å².